The molecule has 1 N–H and O–H groups in total. The van der Waals surface area contributed by atoms with E-state index in [2.05, 4.69) is 17.2 Å². The molecule has 1 atom stereocenters. The maximum Gasteiger partial charge on any atom is 0.213 e. The SMILES string of the molecule is CCOc1ccc(NC(C)Cc2ccc(F)cc2)cn1. The van der Waals surface area contributed by atoms with Crippen LogP contribution < -0.4 is 10.1 Å². The Morgan fingerprint density at radius 2 is 1.95 bits per heavy atom. The number of anilines is 1. The first-order valence-electron chi connectivity index (χ1n) is 6.77. The lowest BCUT2D eigenvalue weighted by molar-refractivity contribution is 0.327. The van der Waals surface area contributed by atoms with E-state index >= 15 is 0 Å². The molecule has 4 heteroatoms. The molecule has 1 aromatic heterocycles. The van der Waals surface area contributed by atoms with Crippen LogP contribution in [0.5, 0.6) is 5.88 Å². The summed E-state index contributed by atoms with van der Waals surface area (Å²) in [5.74, 6) is 0.425. The monoisotopic (exact) mass is 274 g/mol. The van der Waals surface area contributed by atoms with E-state index in [1.54, 1.807) is 6.20 Å². The normalized spacial score (nSPS) is 11.9. The number of ether oxygens (including phenoxy) is 1. The highest BCUT2D eigenvalue weighted by Crippen LogP contribution is 2.14. The molecule has 2 rings (SSSR count). The zero-order valence-electron chi connectivity index (χ0n) is 11.8. The van der Waals surface area contributed by atoms with E-state index in [-0.39, 0.29) is 11.9 Å². The summed E-state index contributed by atoms with van der Waals surface area (Å²) >= 11 is 0. The molecule has 0 aliphatic rings. The van der Waals surface area contributed by atoms with Crippen LogP contribution in [0.2, 0.25) is 0 Å². The van der Waals surface area contributed by atoms with Gasteiger partial charge in [0.05, 0.1) is 18.5 Å². The first-order valence-corrected chi connectivity index (χ1v) is 6.77. The van der Waals surface area contributed by atoms with Gasteiger partial charge in [0.15, 0.2) is 0 Å². The number of aromatic nitrogens is 1. The summed E-state index contributed by atoms with van der Waals surface area (Å²) in [4.78, 5) is 4.21. The predicted molar refractivity (Wildman–Crippen MR) is 78.6 cm³/mol. The van der Waals surface area contributed by atoms with Crippen molar-refractivity contribution in [3.63, 3.8) is 0 Å². The molecular formula is C16H19FN2O. The molecule has 3 nitrogen and oxygen atoms in total. The van der Waals surface area contributed by atoms with Crippen molar-refractivity contribution in [3.8, 4) is 5.88 Å². The summed E-state index contributed by atoms with van der Waals surface area (Å²) in [5, 5.41) is 3.36. The van der Waals surface area contributed by atoms with Gasteiger partial charge in [-0.05, 0) is 44.0 Å². The summed E-state index contributed by atoms with van der Waals surface area (Å²) < 4.78 is 18.1. The van der Waals surface area contributed by atoms with Gasteiger partial charge in [-0.15, -0.1) is 0 Å². The van der Waals surface area contributed by atoms with Crippen LogP contribution in [0.4, 0.5) is 10.1 Å². The highest BCUT2D eigenvalue weighted by Gasteiger charge is 2.04. The number of rotatable bonds is 6. The largest absolute Gasteiger partial charge is 0.478 e. The Hall–Kier alpha value is -2.10. The van der Waals surface area contributed by atoms with Crippen molar-refractivity contribution in [2.75, 3.05) is 11.9 Å². The molecule has 0 spiro atoms. The van der Waals surface area contributed by atoms with E-state index in [9.17, 15) is 4.39 Å². The highest BCUT2D eigenvalue weighted by atomic mass is 19.1. The first-order chi connectivity index (χ1) is 9.67. The molecule has 0 amide bonds. The van der Waals surface area contributed by atoms with Gasteiger partial charge >= 0.3 is 0 Å². The second kappa shape index (κ2) is 6.89. The van der Waals surface area contributed by atoms with Gasteiger partial charge in [0.25, 0.3) is 0 Å². The average molecular weight is 274 g/mol. The average Bonchev–Trinajstić information content (AvgIpc) is 2.44. The molecule has 1 heterocycles. The van der Waals surface area contributed by atoms with Crippen molar-refractivity contribution in [1.29, 1.82) is 0 Å². The Labute approximate surface area is 118 Å². The van der Waals surface area contributed by atoms with Crippen molar-refractivity contribution in [2.45, 2.75) is 26.3 Å². The summed E-state index contributed by atoms with van der Waals surface area (Å²) in [5.41, 5.74) is 2.05. The van der Waals surface area contributed by atoms with Crippen LogP contribution in [-0.2, 0) is 6.42 Å². The zero-order valence-corrected chi connectivity index (χ0v) is 11.8. The number of halogens is 1. The molecule has 20 heavy (non-hydrogen) atoms. The highest BCUT2D eigenvalue weighted by molar-refractivity contribution is 5.43. The minimum Gasteiger partial charge on any atom is -0.478 e. The van der Waals surface area contributed by atoms with Gasteiger partial charge in [-0.25, -0.2) is 9.37 Å². The Bertz CT molecular complexity index is 525. The Balaban J connectivity index is 1.90. The van der Waals surface area contributed by atoms with Crippen molar-refractivity contribution in [3.05, 3.63) is 54.0 Å². The summed E-state index contributed by atoms with van der Waals surface area (Å²) in [7, 11) is 0. The number of benzene rings is 1. The number of hydrogen-bond donors (Lipinski definition) is 1. The second-order valence-electron chi connectivity index (χ2n) is 4.69. The van der Waals surface area contributed by atoms with Gasteiger partial charge in [0.1, 0.15) is 5.82 Å². The van der Waals surface area contributed by atoms with E-state index in [1.165, 1.54) is 12.1 Å². The first kappa shape index (κ1) is 14.3. The van der Waals surface area contributed by atoms with Crippen molar-refractivity contribution in [1.82, 2.24) is 4.98 Å². The molecule has 0 radical (unpaired) electrons. The molecule has 2 aromatic rings. The van der Waals surface area contributed by atoms with Gasteiger partial charge < -0.3 is 10.1 Å². The van der Waals surface area contributed by atoms with Crippen molar-refractivity contribution < 1.29 is 9.13 Å². The van der Waals surface area contributed by atoms with E-state index in [1.807, 2.05) is 31.2 Å². The molecular weight excluding hydrogens is 255 g/mol. The molecule has 0 saturated carbocycles. The smallest absolute Gasteiger partial charge is 0.213 e. The third-order valence-electron chi connectivity index (χ3n) is 2.90. The number of hydrogen-bond acceptors (Lipinski definition) is 3. The fraction of sp³-hybridized carbons (Fsp3) is 0.312. The summed E-state index contributed by atoms with van der Waals surface area (Å²) in [6.07, 6.45) is 2.58. The third kappa shape index (κ3) is 4.23. The fourth-order valence-electron chi connectivity index (χ4n) is 2.01. The minimum atomic E-state index is -0.204. The second-order valence-corrected chi connectivity index (χ2v) is 4.69. The zero-order chi connectivity index (χ0) is 14.4. The van der Waals surface area contributed by atoms with Crippen molar-refractivity contribution >= 4 is 5.69 Å². The van der Waals surface area contributed by atoms with Gasteiger partial charge in [-0.2, -0.15) is 0 Å². The van der Waals surface area contributed by atoms with Crippen LogP contribution in [0.3, 0.4) is 0 Å². The van der Waals surface area contributed by atoms with Crippen LogP contribution in [0.15, 0.2) is 42.6 Å². The van der Waals surface area contributed by atoms with Crippen LogP contribution in [-0.4, -0.2) is 17.6 Å². The van der Waals surface area contributed by atoms with Gasteiger partial charge in [0.2, 0.25) is 5.88 Å². The number of nitrogens with zero attached hydrogens (tertiary/aromatic N) is 1. The lowest BCUT2D eigenvalue weighted by Gasteiger charge is -2.15. The van der Waals surface area contributed by atoms with Crippen molar-refractivity contribution in [2.24, 2.45) is 0 Å². The van der Waals surface area contributed by atoms with E-state index in [0.717, 1.165) is 17.7 Å². The maximum atomic E-state index is 12.8. The van der Waals surface area contributed by atoms with E-state index < -0.39 is 0 Å². The molecule has 0 aliphatic heterocycles. The van der Waals surface area contributed by atoms with Gasteiger partial charge in [-0.3, -0.25) is 0 Å². The molecule has 106 valence electrons. The fourth-order valence-corrected chi connectivity index (χ4v) is 2.01. The van der Waals surface area contributed by atoms with Crippen LogP contribution >= 0.6 is 0 Å². The lowest BCUT2D eigenvalue weighted by Crippen LogP contribution is -2.18. The van der Waals surface area contributed by atoms with Crippen LogP contribution in [0.1, 0.15) is 19.4 Å². The van der Waals surface area contributed by atoms with E-state index in [4.69, 9.17) is 4.74 Å². The lowest BCUT2D eigenvalue weighted by atomic mass is 10.1. The van der Waals surface area contributed by atoms with Crippen LogP contribution in [0.25, 0.3) is 0 Å². The Morgan fingerprint density at radius 1 is 1.20 bits per heavy atom. The summed E-state index contributed by atoms with van der Waals surface area (Å²) in [6, 6.07) is 10.6. The number of pyridine rings is 1. The Morgan fingerprint density at radius 3 is 2.55 bits per heavy atom. The third-order valence-corrected chi connectivity index (χ3v) is 2.90. The van der Waals surface area contributed by atoms with Crippen LogP contribution in [0, 0.1) is 5.82 Å². The minimum absolute atomic E-state index is 0.204. The number of nitrogens with one attached hydrogen (secondary N) is 1. The predicted octanol–water partition coefficient (Wildman–Crippen LogP) is 3.66. The molecule has 0 bridgehead atoms. The Kier molecular flexibility index (Phi) is 4.93. The van der Waals surface area contributed by atoms with E-state index in [0.29, 0.717) is 12.5 Å². The molecule has 1 aromatic carbocycles. The van der Waals surface area contributed by atoms with Gasteiger partial charge in [0, 0.05) is 12.1 Å². The standard InChI is InChI=1S/C16H19FN2O/c1-3-20-16-9-8-15(11-18-16)19-12(2)10-13-4-6-14(17)7-5-13/h4-9,11-12,19H,3,10H2,1-2H3. The quantitative estimate of drug-likeness (QED) is 0.872. The topological polar surface area (TPSA) is 34.1 Å². The molecule has 1 unspecified atom stereocenters. The molecule has 0 fully saturated rings. The van der Waals surface area contributed by atoms with Gasteiger partial charge in [-0.1, -0.05) is 12.1 Å². The molecule has 0 saturated heterocycles. The maximum absolute atomic E-state index is 12.8. The summed E-state index contributed by atoms with van der Waals surface area (Å²) in [6.45, 7) is 4.62. The molecule has 0 aliphatic carbocycles.